The number of amides is 1. The van der Waals surface area contributed by atoms with Crippen LogP contribution in [0.15, 0.2) is 52.0 Å². The lowest BCUT2D eigenvalue weighted by molar-refractivity contribution is -0.129. The Morgan fingerprint density at radius 3 is 2.48 bits per heavy atom. The quantitative estimate of drug-likeness (QED) is 0.634. The lowest BCUT2D eigenvalue weighted by Crippen LogP contribution is -2.40. The number of esters is 1. The van der Waals surface area contributed by atoms with Crippen LogP contribution in [0, 0.1) is 0 Å². The van der Waals surface area contributed by atoms with E-state index in [1.54, 1.807) is 12.1 Å². The van der Waals surface area contributed by atoms with Crippen molar-refractivity contribution in [2.24, 2.45) is 0 Å². The molecule has 1 heterocycles. The summed E-state index contributed by atoms with van der Waals surface area (Å²) in [6.45, 7) is 1.53. The van der Waals surface area contributed by atoms with Gasteiger partial charge in [0.1, 0.15) is 5.76 Å². The molecule has 0 aliphatic heterocycles. The minimum Gasteiger partial charge on any atom is -0.468 e. The van der Waals surface area contributed by atoms with Crippen molar-refractivity contribution in [3.05, 3.63) is 54.0 Å². The number of carbonyl (C=O) groups excluding carboxylic acids is 2. The van der Waals surface area contributed by atoms with Crippen LogP contribution < -0.4 is 10.0 Å². The molecule has 2 aromatic rings. The van der Waals surface area contributed by atoms with Crippen LogP contribution in [0.3, 0.4) is 0 Å². The van der Waals surface area contributed by atoms with Gasteiger partial charge < -0.3 is 14.5 Å². The van der Waals surface area contributed by atoms with Gasteiger partial charge in [-0.1, -0.05) is 12.8 Å². The molecule has 1 aromatic heterocycles. The third-order valence-electron chi connectivity index (χ3n) is 4.77. The van der Waals surface area contributed by atoms with Crippen molar-refractivity contribution in [2.45, 2.75) is 56.2 Å². The molecule has 8 nitrogen and oxygen atoms in total. The lowest BCUT2D eigenvalue weighted by Gasteiger charge is -2.17. The second kappa shape index (κ2) is 9.23. The summed E-state index contributed by atoms with van der Waals surface area (Å²) in [5, 5.41) is 2.88. The van der Waals surface area contributed by atoms with Crippen molar-refractivity contribution >= 4 is 21.9 Å². The predicted octanol–water partition coefficient (Wildman–Crippen LogP) is 2.36. The van der Waals surface area contributed by atoms with Crippen LogP contribution in [0.4, 0.5) is 0 Å². The van der Waals surface area contributed by atoms with E-state index in [0.29, 0.717) is 5.76 Å². The molecule has 1 atom stereocenters. The fourth-order valence-electron chi connectivity index (χ4n) is 3.10. The highest BCUT2D eigenvalue weighted by Gasteiger charge is 2.24. The number of furan rings is 1. The molecule has 3 rings (SSSR count). The minimum absolute atomic E-state index is 0.00707. The highest BCUT2D eigenvalue weighted by Crippen LogP contribution is 2.18. The van der Waals surface area contributed by atoms with Crippen LogP contribution in [-0.4, -0.2) is 32.4 Å². The fourth-order valence-corrected chi connectivity index (χ4v) is 4.10. The van der Waals surface area contributed by atoms with Gasteiger partial charge in [0.15, 0.2) is 6.10 Å². The third-order valence-corrected chi connectivity index (χ3v) is 6.19. The topological polar surface area (TPSA) is 115 Å². The first-order valence-electron chi connectivity index (χ1n) is 9.48. The number of sulfonamides is 1. The Kier molecular flexibility index (Phi) is 6.71. The van der Waals surface area contributed by atoms with Crippen molar-refractivity contribution in [3.63, 3.8) is 0 Å². The molecule has 1 aliphatic rings. The van der Waals surface area contributed by atoms with Crippen LogP contribution in [0.1, 0.15) is 48.7 Å². The number of hydrogen-bond acceptors (Lipinski definition) is 6. The Bertz CT molecular complexity index is 932. The first-order chi connectivity index (χ1) is 13.8. The summed E-state index contributed by atoms with van der Waals surface area (Å²) in [6.07, 6.45) is 4.59. The summed E-state index contributed by atoms with van der Waals surface area (Å²) in [7, 11) is -3.75. The Labute approximate surface area is 169 Å². The Balaban J connectivity index is 1.55. The Hall–Kier alpha value is -2.65. The van der Waals surface area contributed by atoms with E-state index in [0.717, 1.165) is 25.7 Å². The molecule has 2 N–H and O–H groups in total. The van der Waals surface area contributed by atoms with Crippen molar-refractivity contribution in [2.75, 3.05) is 0 Å². The van der Waals surface area contributed by atoms with Crippen molar-refractivity contribution in [1.29, 1.82) is 0 Å². The molecule has 0 saturated heterocycles. The van der Waals surface area contributed by atoms with Gasteiger partial charge in [-0.15, -0.1) is 0 Å². The first-order valence-corrected chi connectivity index (χ1v) is 11.0. The molecule has 1 saturated carbocycles. The van der Waals surface area contributed by atoms with Gasteiger partial charge in [0, 0.05) is 6.04 Å². The molecular formula is C20H24N2O6S. The molecule has 0 radical (unpaired) electrons. The molecular weight excluding hydrogens is 396 g/mol. The van der Waals surface area contributed by atoms with Gasteiger partial charge in [-0.25, -0.2) is 17.9 Å². The lowest BCUT2D eigenvalue weighted by atomic mass is 10.2. The first kappa shape index (κ1) is 21.1. The summed E-state index contributed by atoms with van der Waals surface area (Å²) in [5.41, 5.74) is 0.163. The van der Waals surface area contributed by atoms with Gasteiger partial charge in [-0.05, 0) is 56.2 Å². The van der Waals surface area contributed by atoms with E-state index in [1.165, 1.54) is 37.5 Å². The molecule has 0 spiro atoms. The zero-order valence-electron chi connectivity index (χ0n) is 16.1. The molecule has 156 valence electrons. The van der Waals surface area contributed by atoms with Gasteiger partial charge in [-0.2, -0.15) is 0 Å². The standard InChI is InChI=1S/C20H24N2O6S/c1-14(19(23)22-16-5-2-3-6-16)28-20(24)15-8-10-18(11-9-15)29(25,26)21-13-17-7-4-12-27-17/h4,7-12,14,16,21H,2-3,5-6,13H2,1H3,(H,22,23)/t14-/m0/s1. The van der Waals surface area contributed by atoms with Crippen LogP contribution in [0.5, 0.6) is 0 Å². The number of carbonyl (C=O) groups is 2. The summed E-state index contributed by atoms with van der Waals surface area (Å²) in [5.74, 6) is -0.531. The largest absolute Gasteiger partial charge is 0.468 e. The van der Waals surface area contributed by atoms with E-state index in [2.05, 4.69) is 10.0 Å². The molecule has 1 amide bonds. The zero-order valence-corrected chi connectivity index (χ0v) is 16.9. The fraction of sp³-hybridized carbons (Fsp3) is 0.400. The minimum atomic E-state index is -3.75. The monoisotopic (exact) mass is 420 g/mol. The third kappa shape index (κ3) is 5.68. The van der Waals surface area contributed by atoms with Gasteiger partial charge in [0.2, 0.25) is 10.0 Å². The molecule has 9 heteroatoms. The normalized spacial score (nSPS) is 15.8. The van der Waals surface area contributed by atoms with Crippen LogP contribution in [0.25, 0.3) is 0 Å². The second-order valence-electron chi connectivity index (χ2n) is 6.97. The van der Waals surface area contributed by atoms with Gasteiger partial charge >= 0.3 is 5.97 Å². The van der Waals surface area contributed by atoms with Crippen LogP contribution in [-0.2, 0) is 26.1 Å². The average molecular weight is 420 g/mol. The average Bonchev–Trinajstić information content (AvgIpc) is 3.40. The van der Waals surface area contributed by atoms with E-state index in [1.807, 2.05) is 0 Å². The van der Waals surface area contributed by atoms with E-state index >= 15 is 0 Å². The highest BCUT2D eigenvalue weighted by molar-refractivity contribution is 7.89. The van der Waals surface area contributed by atoms with Crippen molar-refractivity contribution < 1.29 is 27.2 Å². The van der Waals surface area contributed by atoms with Crippen molar-refractivity contribution in [1.82, 2.24) is 10.0 Å². The van der Waals surface area contributed by atoms with E-state index in [4.69, 9.17) is 9.15 Å². The summed E-state index contributed by atoms with van der Waals surface area (Å²) in [4.78, 5) is 24.4. The van der Waals surface area contributed by atoms with E-state index in [9.17, 15) is 18.0 Å². The van der Waals surface area contributed by atoms with Gasteiger partial charge in [0.25, 0.3) is 5.91 Å². The number of benzene rings is 1. The maximum Gasteiger partial charge on any atom is 0.338 e. The van der Waals surface area contributed by atoms with Crippen molar-refractivity contribution in [3.8, 4) is 0 Å². The number of nitrogens with one attached hydrogen (secondary N) is 2. The van der Waals surface area contributed by atoms with Crippen LogP contribution >= 0.6 is 0 Å². The SMILES string of the molecule is C[C@H](OC(=O)c1ccc(S(=O)(=O)NCc2ccco2)cc1)C(=O)NC1CCCC1. The summed E-state index contributed by atoms with van der Waals surface area (Å²) >= 11 is 0. The Morgan fingerprint density at radius 1 is 1.17 bits per heavy atom. The predicted molar refractivity (Wildman–Crippen MR) is 104 cm³/mol. The molecule has 0 bridgehead atoms. The smallest absolute Gasteiger partial charge is 0.338 e. The molecule has 1 aliphatic carbocycles. The summed E-state index contributed by atoms with van der Waals surface area (Å²) in [6, 6.07) is 8.79. The van der Waals surface area contributed by atoms with Gasteiger partial charge in [-0.3, -0.25) is 4.79 Å². The second-order valence-corrected chi connectivity index (χ2v) is 8.73. The maximum absolute atomic E-state index is 12.3. The number of hydrogen-bond donors (Lipinski definition) is 2. The number of rotatable bonds is 8. The maximum atomic E-state index is 12.3. The molecule has 29 heavy (non-hydrogen) atoms. The Morgan fingerprint density at radius 2 is 1.86 bits per heavy atom. The highest BCUT2D eigenvalue weighted by atomic mass is 32.2. The van der Waals surface area contributed by atoms with Gasteiger partial charge in [0.05, 0.1) is 23.3 Å². The molecule has 0 unspecified atom stereocenters. The summed E-state index contributed by atoms with van der Waals surface area (Å²) < 4.78 is 37.3. The zero-order chi connectivity index (χ0) is 20.9. The van der Waals surface area contributed by atoms with E-state index < -0.39 is 22.1 Å². The molecule has 1 fully saturated rings. The molecule has 1 aromatic carbocycles. The number of ether oxygens (including phenoxy) is 1. The van der Waals surface area contributed by atoms with E-state index in [-0.39, 0.29) is 29.0 Å². The van der Waals surface area contributed by atoms with Crippen LogP contribution in [0.2, 0.25) is 0 Å².